The summed E-state index contributed by atoms with van der Waals surface area (Å²) in [7, 11) is 1.58. The summed E-state index contributed by atoms with van der Waals surface area (Å²) in [6.07, 6.45) is 2.99. The van der Waals surface area contributed by atoms with Gasteiger partial charge in [0.15, 0.2) is 0 Å². The van der Waals surface area contributed by atoms with E-state index in [2.05, 4.69) is 5.32 Å². The molecule has 1 N–H and O–H groups in total. The number of hydrogen-bond acceptors (Lipinski definition) is 6. The van der Waals surface area contributed by atoms with Crippen molar-refractivity contribution in [1.29, 1.82) is 0 Å². The minimum absolute atomic E-state index is 0.0546. The Kier molecular flexibility index (Phi) is 8.67. The van der Waals surface area contributed by atoms with Crippen LogP contribution < -0.4 is 10.1 Å². The van der Waals surface area contributed by atoms with Crippen LogP contribution in [0.1, 0.15) is 58.8 Å². The van der Waals surface area contributed by atoms with Gasteiger partial charge in [-0.1, -0.05) is 6.92 Å². The van der Waals surface area contributed by atoms with Crippen LogP contribution in [-0.2, 0) is 28.9 Å². The lowest BCUT2D eigenvalue weighted by molar-refractivity contribution is 0.0448. The number of rotatable bonds is 7. The number of amides is 1. The van der Waals surface area contributed by atoms with Gasteiger partial charge in [0.05, 0.1) is 25.0 Å². The van der Waals surface area contributed by atoms with Crippen molar-refractivity contribution in [2.75, 3.05) is 33.5 Å². The van der Waals surface area contributed by atoms with Crippen LogP contribution in [0.25, 0.3) is 0 Å². The molecule has 8 heteroatoms. The first-order valence-corrected chi connectivity index (χ1v) is 11.3. The first-order chi connectivity index (χ1) is 15.5. The molecule has 1 atom stereocenters. The molecular formula is C24H33N3O5. The Hall–Kier alpha value is -2.87. The zero-order valence-corrected chi connectivity index (χ0v) is 19.2. The standard InChI is InChI=1S/C24H33N3O5/c1-4-27-22-20(7-5-13-31-14-6-12-25-23(22)28)21(26-27)15-17(2)16-32-24(29)18-8-10-19(30-3)11-9-18/h8-11,17H,4-7,12-16H2,1-3H3,(H,25,28)/t17-/m1/s1. The maximum atomic E-state index is 12.8. The van der Waals surface area contributed by atoms with Crippen molar-refractivity contribution < 1.29 is 23.8 Å². The number of aryl methyl sites for hydroxylation is 1. The molecule has 32 heavy (non-hydrogen) atoms. The van der Waals surface area contributed by atoms with Gasteiger partial charge >= 0.3 is 5.97 Å². The van der Waals surface area contributed by atoms with Gasteiger partial charge in [-0.15, -0.1) is 0 Å². The number of carbonyl (C=O) groups is 2. The summed E-state index contributed by atoms with van der Waals surface area (Å²) >= 11 is 0. The molecule has 2 heterocycles. The number of ether oxygens (including phenoxy) is 3. The maximum absolute atomic E-state index is 12.8. The Bertz CT molecular complexity index is 907. The molecule has 174 valence electrons. The highest BCUT2D eigenvalue weighted by Crippen LogP contribution is 2.21. The van der Waals surface area contributed by atoms with Gasteiger partial charge in [0.1, 0.15) is 11.4 Å². The number of fused-ring (bicyclic) bond motifs is 1. The zero-order valence-electron chi connectivity index (χ0n) is 19.2. The van der Waals surface area contributed by atoms with Crippen LogP contribution in [0.15, 0.2) is 24.3 Å². The van der Waals surface area contributed by atoms with Crippen molar-refractivity contribution >= 4 is 11.9 Å². The number of benzene rings is 1. The molecule has 8 nitrogen and oxygen atoms in total. The fraction of sp³-hybridized carbons (Fsp3) is 0.542. The van der Waals surface area contributed by atoms with E-state index in [4.69, 9.17) is 19.3 Å². The van der Waals surface area contributed by atoms with E-state index in [0.717, 1.165) is 30.5 Å². The summed E-state index contributed by atoms with van der Waals surface area (Å²) in [5.74, 6) is 0.295. The highest BCUT2D eigenvalue weighted by Gasteiger charge is 2.24. The van der Waals surface area contributed by atoms with E-state index in [1.165, 1.54) is 0 Å². The number of hydrogen-bond donors (Lipinski definition) is 1. The number of aromatic nitrogens is 2. The lowest BCUT2D eigenvalue weighted by atomic mass is 9.99. The third-order valence-corrected chi connectivity index (χ3v) is 5.48. The van der Waals surface area contributed by atoms with Crippen LogP contribution in [0.3, 0.4) is 0 Å². The number of esters is 1. The van der Waals surface area contributed by atoms with Crippen LogP contribution in [0.2, 0.25) is 0 Å². The van der Waals surface area contributed by atoms with Gasteiger partial charge in [-0.05, 0) is 62.8 Å². The maximum Gasteiger partial charge on any atom is 0.338 e. The van der Waals surface area contributed by atoms with Gasteiger partial charge in [-0.2, -0.15) is 5.10 Å². The van der Waals surface area contributed by atoms with Crippen LogP contribution >= 0.6 is 0 Å². The first-order valence-electron chi connectivity index (χ1n) is 11.3. The largest absolute Gasteiger partial charge is 0.497 e. The topological polar surface area (TPSA) is 91.7 Å². The van der Waals surface area contributed by atoms with E-state index in [9.17, 15) is 9.59 Å². The SMILES string of the molecule is CCn1nc(C[C@@H](C)COC(=O)c2ccc(OC)cc2)c2c1C(=O)NCCCOCCC2. The van der Waals surface area contributed by atoms with E-state index in [0.29, 0.717) is 49.7 Å². The van der Waals surface area contributed by atoms with Crippen LogP contribution in [0.5, 0.6) is 5.75 Å². The average molecular weight is 444 g/mol. The van der Waals surface area contributed by atoms with Crippen LogP contribution in [0, 0.1) is 5.92 Å². The number of nitrogens with zero attached hydrogens (tertiary/aromatic N) is 2. The number of nitrogens with one attached hydrogen (secondary N) is 1. The summed E-state index contributed by atoms with van der Waals surface area (Å²) in [5.41, 5.74) is 3.00. The monoisotopic (exact) mass is 443 g/mol. The van der Waals surface area contributed by atoms with Crippen molar-refractivity contribution in [3.8, 4) is 5.75 Å². The van der Waals surface area contributed by atoms with Gasteiger partial charge in [-0.25, -0.2) is 4.79 Å². The minimum Gasteiger partial charge on any atom is -0.497 e. The third-order valence-electron chi connectivity index (χ3n) is 5.48. The second kappa shape index (κ2) is 11.7. The molecule has 1 aliphatic heterocycles. The van der Waals surface area contributed by atoms with Gasteiger partial charge in [0.25, 0.3) is 5.91 Å². The van der Waals surface area contributed by atoms with E-state index in [1.54, 1.807) is 36.1 Å². The first kappa shape index (κ1) is 23.8. The lowest BCUT2D eigenvalue weighted by Crippen LogP contribution is -2.28. The Balaban J connectivity index is 1.68. The Morgan fingerprint density at radius 2 is 2.00 bits per heavy atom. The minimum atomic E-state index is -0.366. The molecule has 1 amide bonds. The van der Waals surface area contributed by atoms with E-state index in [-0.39, 0.29) is 24.4 Å². The molecule has 1 aromatic carbocycles. The summed E-state index contributed by atoms with van der Waals surface area (Å²) in [6, 6.07) is 6.84. The Labute approximate surface area is 189 Å². The van der Waals surface area contributed by atoms with Crippen molar-refractivity contribution in [2.24, 2.45) is 5.92 Å². The quantitative estimate of drug-likeness (QED) is 0.662. The zero-order chi connectivity index (χ0) is 22.9. The fourth-order valence-electron chi connectivity index (χ4n) is 3.79. The molecule has 0 bridgehead atoms. The Morgan fingerprint density at radius 3 is 2.72 bits per heavy atom. The van der Waals surface area contributed by atoms with Gasteiger partial charge < -0.3 is 19.5 Å². The van der Waals surface area contributed by atoms with Crippen molar-refractivity contribution in [3.05, 3.63) is 46.8 Å². The van der Waals surface area contributed by atoms with Crippen molar-refractivity contribution in [1.82, 2.24) is 15.1 Å². The van der Waals surface area contributed by atoms with Gasteiger partial charge in [-0.3, -0.25) is 9.48 Å². The van der Waals surface area contributed by atoms with E-state index >= 15 is 0 Å². The fourth-order valence-corrected chi connectivity index (χ4v) is 3.79. The highest BCUT2D eigenvalue weighted by atomic mass is 16.5. The average Bonchev–Trinajstić information content (AvgIpc) is 3.14. The predicted molar refractivity (Wildman–Crippen MR) is 120 cm³/mol. The molecule has 0 aliphatic carbocycles. The highest BCUT2D eigenvalue weighted by molar-refractivity contribution is 5.94. The van der Waals surface area contributed by atoms with E-state index < -0.39 is 0 Å². The summed E-state index contributed by atoms with van der Waals surface area (Å²) < 4.78 is 18.1. The molecule has 0 radical (unpaired) electrons. The molecule has 1 aromatic heterocycles. The van der Waals surface area contributed by atoms with Crippen molar-refractivity contribution in [2.45, 2.75) is 46.1 Å². The molecule has 0 saturated heterocycles. The molecule has 0 unspecified atom stereocenters. The molecular weight excluding hydrogens is 410 g/mol. The van der Waals surface area contributed by atoms with Gasteiger partial charge in [0, 0.05) is 31.9 Å². The van der Waals surface area contributed by atoms with Crippen molar-refractivity contribution in [3.63, 3.8) is 0 Å². The lowest BCUT2D eigenvalue weighted by Gasteiger charge is -2.12. The van der Waals surface area contributed by atoms with Crippen LogP contribution in [-0.4, -0.2) is 55.1 Å². The second-order valence-corrected chi connectivity index (χ2v) is 8.05. The summed E-state index contributed by atoms with van der Waals surface area (Å²) in [4.78, 5) is 25.2. The molecule has 0 spiro atoms. The summed E-state index contributed by atoms with van der Waals surface area (Å²) in [5, 5.41) is 7.72. The van der Waals surface area contributed by atoms with E-state index in [1.807, 2.05) is 13.8 Å². The molecule has 0 fully saturated rings. The predicted octanol–water partition coefficient (Wildman–Crippen LogP) is 3.03. The van der Waals surface area contributed by atoms with Gasteiger partial charge in [0.2, 0.25) is 0 Å². The summed E-state index contributed by atoms with van der Waals surface area (Å²) in [6.45, 7) is 6.80. The molecule has 2 aromatic rings. The Morgan fingerprint density at radius 1 is 1.25 bits per heavy atom. The normalized spacial score (nSPS) is 15.8. The molecule has 1 aliphatic rings. The smallest absolute Gasteiger partial charge is 0.338 e. The number of carbonyl (C=O) groups excluding carboxylic acids is 2. The number of methoxy groups -OCH3 is 1. The second-order valence-electron chi connectivity index (χ2n) is 8.05. The molecule has 3 rings (SSSR count). The third kappa shape index (κ3) is 6.09. The van der Waals surface area contributed by atoms with Crippen LogP contribution in [0.4, 0.5) is 0 Å². The molecule has 0 saturated carbocycles.